The molecule has 2 aliphatic rings. The number of hydrogen-bond donors (Lipinski definition) is 1. The van der Waals surface area contributed by atoms with Gasteiger partial charge in [-0.25, -0.2) is 8.42 Å². The fraction of sp³-hybridized carbons (Fsp3) is 0.750. The molecule has 2 fully saturated rings. The number of sulfonamides is 1. The van der Waals surface area contributed by atoms with E-state index in [2.05, 4.69) is 15.5 Å². The number of nitrogens with zero attached hydrogens (tertiary/aromatic N) is 3. The van der Waals surface area contributed by atoms with Crippen molar-refractivity contribution < 1.29 is 13.2 Å². The summed E-state index contributed by atoms with van der Waals surface area (Å²) in [5.41, 5.74) is 0.512. The SMILES string of the molecule is CCCS(=O)(=O)N1CCC[C@@]2(C[C@H](Nc3ccc(C)nn3)CO2)C1. The third-order valence-corrected chi connectivity index (χ3v) is 6.74. The molecule has 8 heteroatoms. The van der Waals surface area contributed by atoms with Crippen molar-refractivity contribution in [2.45, 2.75) is 51.2 Å². The van der Waals surface area contributed by atoms with Gasteiger partial charge in [-0.2, -0.15) is 9.40 Å². The molecule has 0 aromatic carbocycles. The topological polar surface area (TPSA) is 84.4 Å². The van der Waals surface area contributed by atoms with Crippen LogP contribution in [0, 0.1) is 6.92 Å². The number of ether oxygens (including phenoxy) is 1. The predicted octanol–water partition coefficient (Wildman–Crippen LogP) is 1.56. The molecule has 1 N–H and O–H groups in total. The van der Waals surface area contributed by atoms with Crippen LogP contribution in [-0.2, 0) is 14.8 Å². The number of aryl methyl sites for hydroxylation is 1. The smallest absolute Gasteiger partial charge is 0.214 e. The van der Waals surface area contributed by atoms with E-state index >= 15 is 0 Å². The zero-order chi connectivity index (χ0) is 17.2. The average Bonchev–Trinajstić information content (AvgIpc) is 2.92. The van der Waals surface area contributed by atoms with Crippen LogP contribution in [0.4, 0.5) is 5.82 Å². The number of hydrogen-bond acceptors (Lipinski definition) is 6. The molecule has 0 amide bonds. The third-order valence-electron chi connectivity index (χ3n) is 4.72. The van der Waals surface area contributed by atoms with Crippen LogP contribution < -0.4 is 5.32 Å². The number of piperidine rings is 1. The van der Waals surface area contributed by atoms with Crippen molar-refractivity contribution in [1.82, 2.24) is 14.5 Å². The van der Waals surface area contributed by atoms with Gasteiger partial charge in [0.2, 0.25) is 10.0 Å². The van der Waals surface area contributed by atoms with Gasteiger partial charge in [0, 0.05) is 19.5 Å². The number of aromatic nitrogens is 2. The molecule has 0 radical (unpaired) electrons. The second kappa shape index (κ2) is 6.93. The average molecular weight is 354 g/mol. The highest BCUT2D eigenvalue weighted by Gasteiger charge is 2.45. The number of nitrogens with one attached hydrogen (secondary N) is 1. The Kier molecular flexibility index (Phi) is 5.08. The molecule has 0 aliphatic carbocycles. The van der Waals surface area contributed by atoms with Gasteiger partial charge in [-0.15, -0.1) is 5.10 Å². The first kappa shape index (κ1) is 17.6. The van der Waals surface area contributed by atoms with Gasteiger partial charge in [-0.05, 0) is 38.3 Å². The Bertz CT molecular complexity index is 664. The second-order valence-corrected chi connectivity index (χ2v) is 8.94. The predicted molar refractivity (Wildman–Crippen MR) is 92.4 cm³/mol. The van der Waals surface area contributed by atoms with Crippen molar-refractivity contribution in [3.8, 4) is 0 Å². The van der Waals surface area contributed by atoms with Crippen LogP contribution in [0.3, 0.4) is 0 Å². The summed E-state index contributed by atoms with van der Waals surface area (Å²) in [4.78, 5) is 0. The molecule has 2 aliphatic heterocycles. The Morgan fingerprint density at radius 3 is 2.96 bits per heavy atom. The largest absolute Gasteiger partial charge is 0.371 e. The fourth-order valence-corrected chi connectivity index (χ4v) is 5.20. The molecule has 0 unspecified atom stereocenters. The minimum atomic E-state index is -3.17. The van der Waals surface area contributed by atoms with Gasteiger partial charge in [0.05, 0.1) is 29.7 Å². The van der Waals surface area contributed by atoms with Crippen LogP contribution in [-0.4, -0.2) is 60.0 Å². The highest BCUT2D eigenvalue weighted by Crippen LogP contribution is 2.36. The highest BCUT2D eigenvalue weighted by molar-refractivity contribution is 7.89. The zero-order valence-electron chi connectivity index (χ0n) is 14.4. The number of rotatable bonds is 5. The maximum atomic E-state index is 12.4. The molecular weight excluding hydrogens is 328 g/mol. The van der Waals surface area contributed by atoms with E-state index in [1.54, 1.807) is 4.31 Å². The van der Waals surface area contributed by atoms with Crippen LogP contribution in [0.25, 0.3) is 0 Å². The Hall–Kier alpha value is -1.25. The molecule has 1 aromatic rings. The molecule has 7 nitrogen and oxygen atoms in total. The Balaban J connectivity index is 1.63. The summed E-state index contributed by atoms with van der Waals surface area (Å²) in [7, 11) is -3.17. The van der Waals surface area contributed by atoms with Crippen LogP contribution in [0.5, 0.6) is 0 Å². The van der Waals surface area contributed by atoms with Crippen molar-refractivity contribution in [1.29, 1.82) is 0 Å². The third kappa shape index (κ3) is 3.87. The molecule has 3 heterocycles. The van der Waals surface area contributed by atoms with E-state index in [0.717, 1.165) is 30.8 Å². The zero-order valence-corrected chi connectivity index (χ0v) is 15.2. The maximum absolute atomic E-state index is 12.4. The molecular formula is C16H26N4O3S. The van der Waals surface area contributed by atoms with Gasteiger partial charge >= 0.3 is 0 Å². The van der Waals surface area contributed by atoms with E-state index in [-0.39, 0.29) is 17.4 Å². The second-order valence-electron chi connectivity index (χ2n) is 6.85. The minimum absolute atomic E-state index is 0.135. The first-order chi connectivity index (χ1) is 11.4. The molecule has 0 bridgehead atoms. The molecule has 2 saturated heterocycles. The lowest BCUT2D eigenvalue weighted by molar-refractivity contribution is -0.0329. The van der Waals surface area contributed by atoms with E-state index in [4.69, 9.17) is 4.74 Å². The van der Waals surface area contributed by atoms with Crippen molar-refractivity contribution >= 4 is 15.8 Å². The summed E-state index contributed by atoms with van der Waals surface area (Å²) in [6.07, 6.45) is 3.19. The lowest BCUT2D eigenvalue weighted by atomic mass is 9.90. The van der Waals surface area contributed by atoms with Gasteiger partial charge in [0.15, 0.2) is 0 Å². The van der Waals surface area contributed by atoms with Crippen molar-refractivity contribution in [3.63, 3.8) is 0 Å². The van der Waals surface area contributed by atoms with Gasteiger partial charge in [0.1, 0.15) is 5.82 Å². The molecule has 3 rings (SSSR count). The maximum Gasteiger partial charge on any atom is 0.214 e. The van der Waals surface area contributed by atoms with E-state index < -0.39 is 10.0 Å². The standard InChI is InChI=1S/C16H26N4O3S/c1-3-9-24(21,22)20-8-4-7-16(12-20)10-14(11-23-16)17-15-6-5-13(2)18-19-15/h5-6,14H,3-4,7-12H2,1-2H3,(H,17,19)/t14-,16+/m0/s1. The Morgan fingerprint density at radius 1 is 1.42 bits per heavy atom. The van der Waals surface area contributed by atoms with Crippen LogP contribution in [0.2, 0.25) is 0 Å². The summed E-state index contributed by atoms with van der Waals surface area (Å²) in [5, 5.41) is 11.5. The molecule has 0 saturated carbocycles. The molecule has 24 heavy (non-hydrogen) atoms. The van der Waals surface area contributed by atoms with Crippen molar-refractivity contribution in [2.24, 2.45) is 0 Å². The normalized spacial score (nSPS) is 28.3. The summed E-state index contributed by atoms with van der Waals surface area (Å²) in [6, 6.07) is 3.96. The molecule has 1 spiro atoms. The van der Waals surface area contributed by atoms with E-state index in [1.165, 1.54) is 0 Å². The monoisotopic (exact) mass is 354 g/mol. The summed E-state index contributed by atoms with van der Waals surface area (Å²) in [6.45, 7) is 5.43. The van der Waals surface area contributed by atoms with E-state index in [1.807, 2.05) is 26.0 Å². The minimum Gasteiger partial charge on any atom is -0.371 e. The van der Waals surface area contributed by atoms with E-state index in [9.17, 15) is 8.42 Å². The summed E-state index contributed by atoms with van der Waals surface area (Å²) in [5.74, 6) is 0.946. The van der Waals surface area contributed by atoms with Gasteiger partial charge < -0.3 is 10.1 Å². The Morgan fingerprint density at radius 2 is 2.25 bits per heavy atom. The lowest BCUT2D eigenvalue weighted by Crippen LogP contribution is -2.50. The van der Waals surface area contributed by atoms with Gasteiger partial charge in [-0.3, -0.25) is 0 Å². The fourth-order valence-electron chi connectivity index (χ4n) is 3.59. The molecule has 134 valence electrons. The molecule has 1 aromatic heterocycles. The first-order valence-corrected chi connectivity index (χ1v) is 10.2. The highest BCUT2D eigenvalue weighted by atomic mass is 32.2. The van der Waals surface area contributed by atoms with Gasteiger partial charge in [-0.1, -0.05) is 6.92 Å². The summed E-state index contributed by atoms with van der Waals surface area (Å²) >= 11 is 0. The van der Waals surface area contributed by atoms with Crippen LogP contribution in [0.15, 0.2) is 12.1 Å². The van der Waals surface area contributed by atoms with E-state index in [0.29, 0.717) is 26.1 Å². The first-order valence-electron chi connectivity index (χ1n) is 8.61. The molecule has 2 atom stereocenters. The Labute approximate surface area is 143 Å². The quantitative estimate of drug-likeness (QED) is 0.864. The van der Waals surface area contributed by atoms with Crippen LogP contribution in [0.1, 0.15) is 38.3 Å². The van der Waals surface area contributed by atoms with Crippen molar-refractivity contribution in [2.75, 3.05) is 30.8 Å². The summed E-state index contributed by atoms with van der Waals surface area (Å²) < 4.78 is 32.4. The lowest BCUT2D eigenvalue weighted by Gasteiger charge is -2.39. The number of anilines is 1. The van der Waals surface area contributed by atoms with Crippen LogP contribution >= 0.6 is 0 Å². The van der Waals surface area contributed by atoms with Gasteiger partial charge in [0.25, 0.3) is 0 Å². The van der Waals surface area contributed by atoms with Crippen molar-refractivity contribution in [3.05, 3.63) is 17.8 Å².